The average Bonchev–Trinajstić information content (AvgIpc) is 2.08. The van der Waals surface area contributed by atoms with Crippen LogP contribution < -0.4 is 11.1 Å². The van der Waals surface area contributed by atoms with Gasteiger partial charge in [0.2, 0.25) is 0 Å². The SMILES string of the molecule is CC(C)CC(C)Nc1ccc(Cl)cc1N. The lowest BCUT2D eigenvalue weighted by atomic mass is 10.0. The largest absolute Gasteiger partial charge is 0.397 e. The van der Waals surface area contributed by atoms with Gasteiger partial charge in [-0.25, -0.2) is 0 Å². The fourth-order valence-electron chi connectivity index (χ4n) is 1.70. The van der Waals surface area contributed by atoms with Crippen LogP contribution in [0.5, 0.6) is 0 Å². The van der Waals surface area contributed by atoms with Crippen LogP contribution in [0.2, 0.25) is 5.02 Å². The van der Waals surface area contributed by atoms with Gasteiger partial charge in [-0.15, -0.1) is 0 Å². The Bertz CT molecular complexity index is 323. The molecule has 1 atom stereocenters. The van der Waals surface area contributed by atoms with Crippen LogP contribution in [0.4, 0.5) is 11.4 Å². The first-order valence-corrected chi connectivity index (χ1v) is 5.68. The summed E-state index contributed by atoms with van der Waals surface area (Å²) in [6.45, 7) is 6.58. The highest BCUT2D eigenvalue weighted by Gasteiger charge is 2.06. The van der Waals surface area contributed by atoms with Crippen LogP contribution >= 0.6 is 11.6 Å². The van der Waals surface area contributed by atoms with Crippen molar-refractivity contribution in [1.29, 1.82) is 0 Å². The molecule has 1 aromatic rings. The van der Waals surface area contributed by atoms with E-state index in [9.17, 15) is 0 Å². The van der Waals surface area contributed by atoms with Gasteiger partial charge < -0.3 is 11.1 Å². The van der Waals surface area contributed by atoms with E-state index in [-0.39, 0.29) is 0 Å². The molecule has 1 rings (SSSR count). The van der Waals surface area contributed by atoms with Crippen molar-refractivity contribution in [2.24, 2.45) is 5.92 Å². The summed E-state index contributed by atoms with van der Waals surface area (Å²) in [4.78, 5) is 0. The lowest BCUT2D eigenvalue weighted by Gasteiger charge is -2.18. The molecule has 3 heteroatoms. The van der Waals surface area contributed by atoms with Gasteiger partial charge in [0.25, 0.3) is 0 Å². The summed E-state index contributed by atoms with van der Waals surface area (Å²) >= 11 is 5.83. The van der Waals surface area contributed by atoms with Crippen LogP contribution in [0, 0.1) is 5.92 Å². The first-order valence-electron chi connectivity index (χ1n) is 5.30. The molecular weight excluding hydrogens is 208 g/mol. The minimum atomic E-state index is 0.425. The maximum absolute atomic E-state index is 5.85. The topological polar surface area (TPSA) is 38.0 Å². The van der Waals surface area contributed by atoms with E-state index in [0.717, 1.165) is 12.1 Å². The number of hydrogen-bond donors (Lipinski definition) is 2. The number of hydrogen-bond acceptors (Lipinski definition) is 2. The molecule has 0 saturated carbocycles. The Kier molecular flexibility index (Phi) is 4.28. The summed E-state index contributed by atoms with van der Waals surface area (Å²) in [5.74, 6) is 0.682. The van der Waals surface area contributed by atoms with E-state index in [2.05, 4.69) is 26.1 Å². The lowest BCUT2D eigenvalue weighted by molar-refractivity contribution is 0.540. The molecule has 0 aliphatic heterocycles. The van der Waals surface area contributed by atoms with Crippen molar-refractivity contribution in [3.63, 3.8) is 0 Å². The molecule has 0 saturated heterocycles. The third-order valence-corrected chi connectivity index (χ3v) is 2.48. The summed E-state index contributed by atoms with van der Waals surface area (Å²) in [6, 6.07) is 5.97. The molecule has 0 aliphatic carbocycles. The van der Waals surface area contributed by atoms with E-state index >= 15 is 0 Å². The molecule has 3 N–H and O–H groups in total. The Balaban J connectivity index is 2.64. The van der Waals surface area contributed by atoms with E-state index in [4.69, 9.17) is 17.3 Å². The average molecular weight is 227 g/mol. The normalized spacial score (nSPS) is 12.9. The first kappa shape index (κ1) is 12.2. The third-order valence-electron chi connectivity index (χ3n) is 2.24. The molecule has 0 fully saturated rings. The molecule has 1 unspecified atom stereocenters. The van der Waals surface area contributed by atoms with Crippen LogP contribution in [0.3, 0.4) is 0 Å². The molecule has 0 spiro atoms. The maximum atomic E-state index is 5.85. The van der Waals surface area contributed by atoms with Gasteiger partial charge in [0, 0.05) is 11.1 Å². The van der Waals surface area contributed by atoms with Crippen molar-refractivity contribution in [1.82, 2.24) is 0 Å². The van der Waals surface area contributed by atoms with Gasteiger partial charge in [-0.1, -0.05) is 25.4 Å². The predicted molar refractivity (Wildman–Crippen MR) is 68.4 cm³/mol. The Morgan fingerprint density at radius 1 is 1.33 bits per heavy atom. The van der Waals surface area contributed by atoms with Gasteiger partial charge in [-0.3, -0.25) is 0 Å². The monoisotopic (exact) mass is 226 g/mol. The van der Waals surface area contributed by atoms with Crippen LogP contribution in [0.1, 0.15) is 27.2 Å². The molecule has 0 aliphatic rings. The summed E-state index contributed by atoms with van der Waals surface area (Å²) in [6.07, 6.45) is 1.13. The summed E-state index contributed by atoms with van der Waals surface area (Å²) < 4.78 is 0. The standard InChI is InChI=1S/C12H19ClN2/c1-8(2)6-9(3)15-12-5-4-10(13)7-11(12)14/h4-5,7-9,15H,6,14H2,1-3H3. The van der Waals surface area contributed by atoms with Crippen LogP contribution in [0.25, 0.3) is 0 Å². The zero-order valence-corrected chi connectivity index (χ0v) is 10.3. The number of nitrogens with one attached hydrogen (secondary N) is 1. The highest BCUT2D eigenvalue weighted by atomic mass is 35.5. The second kappa shape index (κ2) is 5.26. The van der Waals surface area contributed by atoms with E-state index in [0.29, 0.717) is 22.7 Å². The highest BCUT2D eigenvalue weighted by Crippen LogP contribution is 2.24. The number of nitrogens with two attached hydrogens (primary N) is 1. The first-order chi connectivity index (χ1) is 6.99. The van der Waals surface area contributed by atoms with Gasteiger partial charge in [0.05, 0.1) is 11.4 Å². The van der Waals surface area contributed by atoms with E-state index < -0.39 is 0 Å². The van der Waals surface area contributed by atoms with E-state index in [1.165, 1.54) is 0 Å². The molecule has 0 aromatic heterocycles. The second-order valence-electron chi connectivity index (χ2n) is 4.41. The summed E-state index contributed by atoms with van der Waals surface area (Å²) in [5, 5.41) is 4.06. The van der Waals surface area contributed by atoms with Crippen LogP contribution in [-0.4, -0.2) is 6.04 Å². The van der Waals surface area contributed by atoms with Crippen molar-refractivity contribution in [3.8, 4) is 0 Å². The zero-order chi connectivity index (χ0) is 11.4. The van der Waals surface area contributed by atoms with E-state index in [1.807, 2.05) is 12.1 Å². The minimum absolute atomic E-state index is 0.425. The third kappa shape index (κ3) is 4.00. The molecule has 0 bridgehead atoms. The minimum Gasteiger partial charge on any atom is -0.397 e. The molecule has 2 nitrogen and oxygen atoms in total. The zero-order valence-electron chi connectivity index (χ0n) is 9.55. The molecule has 1 aromatic carbocycles. The number of halogens is 1. The molecule has 84 valence electrons. The Morgan fingerprint density at radius 2 is 2.00 bits per heavy atom. The van der Waals surface area contributed by atoms with Crippen molar-refractivity contribution >= 4 is 23.0 Å². The lowest BCUT2D eigenvalue weighted by Crippen LogP contribution is -2.18. The highest BCUT2D eigenvalue weighted by molar-refractivity contribution is 6.31. The van der Waals surface area contributed by atoms with Crippen LogP contribution in [0.15, 0.2) is 18.2 Å². The quantitative estimate of drug-likeness (QED) is 0.768. The summed E-state index contributed by atoms with van der Waals surface area (Å²) in [5.41, 5.74) is 7.53. The number of anilines is 2. The van der Waals surface area contributed by atoms with Gasteiger partial charge in [0.15, 0.2) is 0 Å². The Morgan fingerprint density at radius 3 is 2.53 bits per heavy atom. The Labute approximate surface area is 96.8 Å². The van der Waals surface area contributed by atoms with Crippen molar-refractivity contribution in [2.75, 3.05) is 11.1 Å². The summed E-state index contributed by atoms with van der Waals surface area (Å²) in [7, 11) is 0. The Hall–Kier alpha value is -0.890. The molecule has 15 heavy (non-hydrogen) atoms. The van der Waals surface area contributed by atoms with Gasteiger partial charge in [-0.05, 0) is 37.5 Å². The number of rotatable bonds is 4. The second-order valence-corrected chi connectivity index (χ2v) is 4.84. The van der Waals surface area contributed by atoms with Gasteiger partial charge in [0.1, 0.15) is 0 Å². The van der Waals surface area contributed by atoms with Gasteiger partial charge >= 0.3 is 0 Å². The van der Waals surface area contributed by atoms with Crippen molar-refractivity contribution < 1.29 is 0 Å². The van der Waals surface area contributed by atoms with Crippen molar-refractivity contribution in [3.05, 3.63) is 23.2 Å². The molecular formula is C12H19ClN2. The molecule has 0 radical (unpaired) electrons. The maximum Gasteiger partial charge on any atom is 0.0577 e. The molecule has 0 heterocycles. The fraction of sp³-hybridized carbons (Fsp3) is 0.500. The van der Waals surface area contributed by atoms with E-state index in [1.54, 1.807) is 6.07 Å². The van der Waals surface area contributed by atoms with Crippen LogP contribution in [-0.2, 0) is 0 Å². The van der Waals surface area contributed by atoms with Crippen molar-refractivity contribution in [2.45, 2.75) is 33.2 Å². The molecule has 0 amide bonds. The fourth-order valence-corrected chi connectivity index (χ4v) is 1.88. The number of benzene rings is 1. The number of nitrogen functional groups attached to an aromatic ring is 1. The predicted octanol–water partition coefficient (Wildman–Crippen LogP) is 3.77. The smallest absolute Gasteiger partial charge is 0.0577 e. The van der Waals surface area contributed by atoms with Gasteiger partial charge in [-0.2, -0.15) is 0 Å².